The van der Waals surface area contributed by atoms with E-state index in [4.69, 9.17) is 0 Å². The fourth-order valence-corrected chi connectivity index (χ4v) is 4.95. The molecule has 2 aromatic carbocycles. The third-order valence-corrected chi connectivity index (χ3v) is 6.20. The van der Waals surface area contributed by atoms with Gasteiger partial charge in [0.1, 0.15) is 0 Å². The van der Waals surface area contributed by atoms with E-state index in [1.807, 2.05) is 0 Å². The van der Waals surface area contributed by atoms with E-state index < -0.39 is 0 Å². The quantitative estimate of drug-likeness (QED) is 0.641. The van der Waals surface area contributed by atoms with Crippen molar-refractivity contribution in [2.75, 3.05) is 0 Å². The van der Waals surface area contributed by atoms with Gasteiger partial charge in [0.05, 0.1) is 11.1 Å². The molecule has 1 heterocycles. The fraction of sp³-hybridized carbons (Fsp3) is 0.333. The number of hydrogen-bond donors (Lipinski definition) is 1. The molecule has 0 radical (unpaired) electrons. The first-order chi connectivity index (χ1) is 10.1. The van der Waals surface area contributed by atoms with Gasteiger partial charge in [-0.2, -0.15) is 0 Å². The van der Waals surface area contributed by atoms with Crippen LogP contribution in [-0.4, -0.2) is 0 Å². The first-order valence-corrected chi connectivity index (χ1v) is 8.99. The van der Waals surface area contributed by atoms with Crippen molar-refractivity contribution < 1.29 is 0 Å². The fourth-order valence-electron chi connectivity index (χ4n) is 3.70. The lowest BCUT2D eigenvalue weighted by Crippen LogP contribution is -2.22. The van der Waals surface area contributed by atoms with Gasteiger partial charge in [-0.05, 0) is 36.1 Å². The zero-order valence-corrected chi connectivity index (χ0v) is 15.5. The van der Waals surface area contributed by atoms with E-state index in [-0.39, 0.29) is 11.1 Å². The second-order valence-electron chi connectivity index (χ2n) is 5.60. The van der Waals surface area contributed by atoms with Crippen LogP contribution in [0.1, 0.15) is 37.8 Å². The standard InChI is InChI=1S/C18H19Br2N/c1-3-17(13-9-5-7-11-15(13)19)18(4-2,21-17)14-10-6-8-12-16(14)20/h5-12,21H,3-4H2,1-2H3. The molecule has 3 heteroatoms. The summed E-state index contributed by atoms with van der Waals surface area (Å²) < 4.78 is 2.36. The van der Waals surface area contributed by atoms with E-state index in [0.717, 1.165) is 12.8 Å². The normalized spacial score (nSPS) is 27.6. The van der Waals surface area contributed by atoms with Crippen molar-refractivity contribution in [2.24, 2.45) is 0 Å². The molecule has 0 amide bonds. The summed E-state index contributed by atoms with van der Waals surface area (Å²) in [5, 5.41) is 3.85. The molecule has 2 atom stereocenters. The van der Waals surface area contributed by atoms with E-state index in [1.54, 1.807) is 0 Å². The van der Waals surface area contributed by atoms with Gasteiger partial charge in [0.25, 0.3) is 0 Å². The van der Waals surface area contributed by atoms with Crippen LogP contribution in [0.2, 0.25) is 0 Å². The molecule has 0 spiro atoms. The topological polar surface area (TPSA) is 21.9 Å². The van der Waals surface area contributed by atoms with Crippen molar-refractivity contribution in [3.05, 3.63) is 68.6 Å². The molecule has 0 saturated carbocycles. The predicted molar refractivity (Wildman–Crippen MR) is 95.4 cm³/mol. The highest BCUT2D eigenvalue weighted by Crippen LogP contribution is 2.60. The van der Waals surface area contributed by atoms with Crippen LogP contribution in [0.4, 0.5) is 0 Å². The van der Waals surface area contributed by atoms with Gasteiger partial charge >= 0.3 is 0 Å². The summed E-state index contributed by atoms with van der Waals surface area (Å²) in [6, 6.07) is 17.1. The van der Waals surface area contributed by atoms with Gasteiger partial charge in [-0.25, -0.2) is 0 Å². The summed E-state index contributed by atoms with van der Waals surface area (Å²) in [5.74, 6) is 0. The highest BCUT2D eigenvalue weighted by atomic mass is 79.9. The monoisotopic (exact) mass is 407 g/mol. The average molecular weight is 409 g/mol. The van der Waals surface area contributed by atoms with Crippen molar-refractivity contribution in [2.45, 2.75) is 37.8 Å². The van der Waals surface area contributed by atoms with Gasteiger partial charge in [-0.1, -0.05) is 82.1 Å². The molecule has 2 unspecified atom stereocenters. The minimum atomic E-state index is 0.00567. The molecule has 1 nitrogen and oxygen atoms in total. The van der Waals surface area contributed by atoms with Crippen molar-refractivity contribution in [1.29, 1.82) is 0 Å². The molecular weight excluding hydrogens is 390 g/mol. The number of hydrogen-bond acceptors (Lipinski definition) is 1. The Balaban J connectivity index is 2.15. The van der Waals surface area contributed by atoms with Crippen LogP contribution in [0.3, 0.4) is 0 Å². The van der Waals surface area contributed by atoms with E-state index in [0.29, 0.717) is 0 Å². The van der Waals surface area contributed by atoms with E-state index in [1.165, 1.54) is 20.1 Å². The molecule has 0 aromatic heterocycles. The van der Waals surface area contributed by atoms with Crippen LogP contribution in [-0.2, 0) is 11.1 Å². The summed E-state index contributed by atoms with van der Waals surface area (Å²) in [7, 11) is 0. The average Bonchev–Trinajstić information content (AvgIpc) is 3.18. The van der Waals surface area contributed by atoms with Crippen LogP contribution < -0.4 is 5.32 Å². The second kappa shape index (κ2) is 5.53. The SMILES string of the molecule is CCC1(c2ccccc2Br)NC1(CC)c1ccccc1Br. The Bertz CT molecular complexity index is 612. The highest BCUT2D eigenvalue weighted by molar-refractivity contribution is 9.10. The maximum absolute atomic E-state index is 3.85. The van der Waals surface area contributed by atoms with Crippen molar-refractivity contribution in [3.8, 4) is 0 Å². The zero-order valence-electron chi connectivity index (χ0n) is 12.3. The largest absolute Gasteiger partial charge is 0.294 e. The van der Waals surface area contributed by atoms with Crippen molar-refractivity contribution in [3.63, 3.8) is 0 Å². The third-order valence-electron chi connectivity index (χ3n) is 4.82. The van der Waals surface area contributed by atoms with E-state index >= 15 is 0 Å². The number of rotatable bonds is 4. The molecule has 110 valence electrons. The van der Waals surface area contributed by atoms with Crippen molar-refractivity contribution >= 4 is 31.9 Å². The van der Waals surface area contributed by atoms with Crippen LogP contribution in [0.15, 0.2) is 57.5 Å². The first-order valence-electron chi connectivity index (χ1n) is 7.40. The summed E-state index contributed by atoms with van der Waals surface area (Å²) in [5.41, 5.74) is 2.72. The van der Waals surface area contributed by atoms with Gasteiger partial charge in [-0.3, -0.25) is 5.32 Å². The zero-order chi connectivity index (χ0) is 15.1. The van der Waals surface area contributed by atoms with E-state index in [2.05, 4.69) is 99.6 Å². The Morgan fingerprint density at radius 1 is 0.762 bits per heavy atom. The van der Waals surface area contributed by atoms with Crippen LogP contribution in [0.5, 0.6) is 0 Å². The van der Waals surface area contributed by atoms with Crippen LogP contribution in [0.25, 0.3) is 0 Å². The summed E-state index contributed by atoms with van der Waals surface area (Å²) in [6.07, 6.45) is 2.12. The molecule has 0 bridgehead atoms. The van der Waals surface area contributed by atoms with Gasteiger partial charge in [0.2, 0.25) is 0 Å². The molecule has 1 N–H and O–H groups in total. The number of nitrogens with one attached hydrogen (secondary N) is 1. The number of halogens is 2. The van der Waals surface area contributed by atoms with Crippen molar-refractivity contribution in [1.82, 2.24) is 5.32 Å². The lowest BCUT2D eigenvalue weighted by molar-refractivity contribution is 0.503. The maximum atomic E-state index is 3.85. The Morgan fingerprint density at radius 2 is 1.14 bits per heavy atom. The minimum absolute atomic E-state index is 0.00567. The third kappa shape index (κ3) is 2.13. The van der Waals surface area contributed by atoms with E-state index in [9.17, 15) is 0 Å². The molecular formula is C18H19Br2N. The van der Waals surface area contributed by atoms with Gasteiger partial charge in [0.15, 0.2) is 0 Å². The maximum Gasteiger partial charge on any atom is 0.0677 e. The predicted octanol–water partition coefficient (Wildman–Crippen LogP) is 5.73. The van der Waals surface area contributed by atoms with Gasteiger partial charge < -0.3 is 0 Å². The Morgan fingerprint density at radius 3 is 1.48 bits per heavy atom. The lowest BCUT2D eigenvalue weighted by atomic mass is 9.78. The molecule has 21 heavy (non-hydrogen) atoms. The van der Waals surface area contributed by atoms with Crippen LogP contribution in [0, 0.1) is 0 Å². The smallest absolute Gasteiger partial charge is 0.0677 e. The first kappa shape index (κ1) is 15.3. The minimum Gasteiger partial charge on any atom is -0.294 e. The Hall–Kier alpha value is -0.640. The Kier molecular flexibility index (Phi) is 4.02. The van der Waals surface area contributed by atoms with Gasteiger partial charge in [-0.15, -0.1) is 0 Å². The lowest BCUT2D eigenvalue weighted by Gasteiger charge is -2.24. The molecule has 0 aliphatic carbocycles. The molecule has 1 fully saturated rings. The summed E-state index contributed by atoms with van der Waals surface area (Å²) in [4.78, 5) is 0. The van der Waals surface area contributed by atoms with Gasteiger partial charge in [0, 0.05) is 8.95 Å². The van der Waals surface area contributed by atoms with Crippen LogP contribution >= 0.6 is 31.9 Å². The Labute approximate surface area is 143 Å². The summed E-state index contributed by atoms with van der Waals surface area (Å²) in [6.45, 7) is 4.53. The summed E-state index contributed by atoms with van der Waals surface area (Å²) >= 11 is 7.47. The number of benzene rings is 2. The highest BCUT2D eigenvalue weighted by Gasteiger charge is 2.67. The molecule has 1 aliphatic heterocycles. The molecule has 1 saturated heterocycles. The second-order valence-corrected chi connectivity index (χ2v) is 7.31. The molecule has 1 aliphatic rings. The molecule has 3 rings (SSSR count). The molecule has 2 aromatic rings.